The molecule has 0 saturated carbocycles. The van der Waals surface area contributed by atoms with E-state index in [1.807, 2.05) is 37.3 Å². The molecular weight excluding hydrogens is 218 g/mol. The molecule has 0 aliphatic heterocycles. The van der Waals surface area contributed by atoms with E-state index < -0.39 is 12.1 Å². The Morgan fingerprint density at radius 3 is 2.41 bits per heavy atom. The number of rotatable bonds is 4. The molecule has 5 nitrogen and oxygen atoms in total. The second-order valence-electron chi connectivity index (χ2n) is 3.47. The summed E-state index contributed by atoms with van der Waals surface area (Å²) in [5, 5.41) is 7.64. The van der Waals surface area contributed by atoms with Crippen molar-refractivity contribution in [3.63, 3.8) is 0 Å². The minimum Gasteiger partial charge on any atom is -0.341 e. The predicted molar refractivity (Wildman–Crippen MR) is 65.5 cm³/mol. The van der Waals surface area contributed by atoms with Crippen LogP contribution in [-0.2, 0) is 4.79 Å². The van der Waals surface area contributed by atoms with Crippen molar-refractivity contribution >= 4 is 11.9 Å². The lowest BCUT2D eigenvalue weighted by Crippen LogP contribution is -2.44. The lowest BCUT2D eigenvalue weighted by atomic mass is 10.1. The topological polar surface area (TPSA) is 70.2 Å². The van der Waals surface area contributed by atoms with Gasteiger partial charge in [-0.2, -0.15) is 0 Å². The highest BCUT2D eigenvalue weighted by atomic mass is 16.2. The van der Waals surface area contributed by atoms with Crippen LogP contribution in [0.5, 0.6) is 0 Å². The van der Waals surface area contributed by atoms with E-state index in [1.54, 1.807) is 0 Å². The second kappa shape index (κ2) is 6.65. The molecule has 1 aromatic carbocycles. The molecule has 92 valence electrons. The number of imide groups is 1. The standard InChI is InChI=1S/C12H17N3O2/c1-3-14-10(9-7-5-4-6-8-9)11(16)15-12(17)13-2/h4-8,10,14H,3H2,1-2H3,(H2,13,15,16,17)/t10-/m0/s1. The first kappa shape index (κ1) is 13.2. The fourth-order valence-electron chi connectivity index (χ4n) is 1.46. The molecule has 0 heterocycles. The number of hydrogen-bond donors (Lipinski definition) is 3. The Morgan fingerprint density at radius 1 is 1.24 bits per heavy atom. The third kappa shape index (κ3) is 3.88. The van der Waals surface area contributed by atoms with Crippen molar-refractivity contribution in [2.45, 2.75) is 13.0 Å². The lowest BCUT2D eigenvalue weighted by Gasteiger charge is -2.17. The first-order valence-electron chi connectivity index (χ1n) is 5.50. The maximum Gasteiger partial charge on any atom is 0.321 e. The summed E-state index contributed by atoms with van der Waals surface area (Å²) in [5.74, 6) is -0.364. The number of urea groups is 1. The number of carbonyl (C=O) groups is 2. The SMILES string of the molecule is CCN[C@H](C(=O)NC(=O)NC)c1ccccc1. The molecule has 0 radical (unpaired) electrons. The molecule has 0 fully saturated rings. The van der Waals surface area contributed by atoms with Gasteiger partial charge in [-0.15, -0.1) is 0 Å². The Bertz CT molecular complexity index is 379. The van der Waals surface area contributed by atoms with Gasteiger partial charge < -0.3 is 10.6 Å². The Hall–Kier alpha value is -1.88. The van der Waals surface area contributed by atoms with Gasteiger partial charge in [-0.05, 0) is 12.1 Å². The van der Waals surface area contributed by atoms with Crippen LogP contribution < -0.4 is 16.0 Å². The van der Waals surface area contributed by atoms with Crippen LogP contribution in [0.25, 0.3) is 0 Å². The lowest BCUT2D eigenvalue weighted by molar-refractivity contribution is -0.122. The van der Waals surface area contributed by atoms with E-state index in [-0.39, 0.29) is 5.91 Å². The van der Waals surface area contributed by atoms with Crippen LogP contribution in [-0.4, -0.2) is 25.5 Å². The fraction of sp³-hybridized carbons (Fsp3) is 0.333. The first-order valence-corrected chi connectivity index (χ1v) is 5.50. The summed E-state index contributed by atoms with van der Waals surface area (Å²) in [6.07, 6.45) is 0. The van der Waals surface area contributed by atoms with E-state index in [1.165, 1.54) is 7.05 Å². The van der Waals surface area contributed by atoms with Crippen LogP contribution in [0.15, 0.2) is 30.3 Å². The van der Waals surface area contributed by atoms with Crippen LogP contribution in [0.2, 0.25) is 0 Å². The predicted octanol–water partition coefficient (Wildman–Crippen LogP) is 0.793. The summed E-state index contributed by atoms with van der Waals surface area (Å²) < 4.78 is 0. The normalized spacial score (nSPS) is 11.6. The van der Waals surface area contributed by atoms with Gasteiger partial charge in [0.05, 0.1) is 0 Å². The molecule has 3 N–H and O–H groups in total. The van der Waals surface area contributed by atoms with E-state index in [0.29, 0.717) is 6.54 Å². The van der Waals surface area contributed by atoms with Crippen LogP contribution in [0.4, 0.5) is 4.79 Å². The number of nitrogens with one attached hydrogen (secondary N) is 3. The Balaban J connectivity index is 2.79. The van der Waals surface area contributed by atoms with Gasteiger partial charge in [-0.3, -0.25) is 10.1 Å². The van der Waals surface area contributed by atoms with Gasteiger partial charge in [0.25, 0.3) is 0 Å². The van der Waals surface area contributed by atoms with Gasteiger partial charge in [0.2, 0.25) is 5.91 Å². The zero-order chi connectivity index (χ0) is 12.7. The van der Waals surface area contributed by atoms with Gasteiger partial charge in [-0.25, -0.2) is 4.79 Å². The number of carbonyl (C=O) groups excluding carboxylic acids is 2. The fourth-order valence-corrected chi connectivity index (χ4v) is 1.46. The Labute approximate surface area is 101 Å². The van der Waals surface area contributed by atoms with Crippen LogP contribution in [0, 0.1) is 0 Å². The van der Waals surface area contributed by atoms with Crippen molar-refractivity contribution in [1.29, 1.82) is 0 Å². The summed E-state index contributed by atoms with van der Waals surface area (Å²) in [7, 11) is 1.47. The molecule has 0 saturated heterocycles. The molecule has 0 spiro atoms. The summed E-state index contributed by atoms with van der Waals surface area (Å²) >= 11 is 0. The molecule has 5 heteroatoms. The largest absolute Gasteiger partial charge is 0.341 e. The average molecular weight is 235 g/mol. The Kier molecular flexibility index (Phi) is 5.16. The van der Waals surface area contributed by atoms with E-state index in [9.17, 15) is 9.59 Å². The van der Waals surface area contributed by atoms with Crippen LogP contribution in [0.1, 0.15) is 18.5 Å². The number of hydrogen-bond acceptors (Lipinski definition) is 3. The van der Waals surface area contributed by atoms with Gasteiger partial charge >= 0.3 is 6.03 Å². The summed E-state index contributed by atoms with van der Waals surface area (Å²) in [4.78, 5) is 23.0. The van der Waals surface area contributed by atoms with Gasteiger partial charge in [-0.1, -0.05) is 37.3 Å². The molecule has 0 aliphatic carbocycles. The van der Waals surface area contributed by atoms with Crippen molar-refractivity contribution in [3.05, 3.63) is 35.9 Å². The molecule has 0 bridgehead atoms. The average Bonchev–Trinajstić information content (AvgIpc) is 2.36. The van der Waals surface area contributed by atoms with Crippen molar-refractivity contribution in [1.82, 2.24) is 16.0 Å². The third-order valence-electron chi connectivity index (χ3n) is 2.27. The first-order chi connectivity index (χ1) is 8.19. The van der Waals surface area contributed by atoms with E-state index >= 15 is 0 Å². The number of likely N-dealkylation sites (N-methyl/N-ethyl adjacent to an activating group) is 1. The molecular formula is C12H17N3O2. The molecule has 1 rings (SSSR count). The summed E-state index contributed by atoms with van der Waals surface area (Å²) in [6, 6.07) is 8.25. The minimum atomic E-state index is -0.515. The second-order valence-corrected chi connectivity index (χ2v) is 3.47. The van der Waals surface area contributed by atoms with Crippen molar-refractivity contribution in [3.8, 4) is 0 Å². The summed E-state index contributed by atoms with van der Waals surface area (Å²) in [6.45, 7) is 2.55. The number of benzene rings is 1. The van der Waals surface area contributed by atoms with E-state index in [0.717, 1.165) is 5.56 Å². The minimum absolute atomic E-state index is 0.364. The monoisotopic (exact) mass is 235 g/mol. The highest BCUT2D eigenvalue weighted by Gasteiger charge is 2.20. The van der Waals surface area contributed by atoms with Crippen molar-refractivity contribution in [2.75, 3.05) is 13.6 Å². The van der Waals surface area contributed by atoms with E-state index in [4.69, 9.17) is 0 Å². The molecule has 0 aliphatic rings. The van der Waals surface area contributed by atoms with Gasteiger partial charge in [0.1, 0.15) is 6.04 Å². The van der Waals surface area contributed by atoms with Crippen LogP contribution in [0.3, 0.4) is 0 Å². The third-order valence-corrected chi connectivity index (χ3v) is 2.27. The van der Waals surface area contributed by atoms with Crippen molar-refractivity contribution < 1.29 is 9.59 Å². The smallest absolute Gasteiger partial charge is 0.321 e. The molecule has 17 heavy (non-hydrogen) atoms. The maximum absolute atomic E-state index is 11.9. The quantitative estimate of drug-likeness (QED) is 0.722. The highest BCUT2D eigenvalue weighted by molar-refractivity contribution is 5.97. The highest BCUT2D eigenvalue weighted by Crippen LogP contribution is 2.12. The molecule has 0 aromatic heterocycles. The zero-order valence-electron chi connectivity index (χ0n) is 9.99. The van der Waals surface area contributed by atoms with Gasteiger partial charge in [0.15, 0.2) is 0 Å². The van der Waals surface area contributed by atoms with Gasteiger partial charge in [0, 0.05) is 7.05 Å². The molecule has 1 atom stereocenters. The molecule has 3 amide bonds. The van der Waals surface area contributed by atoms with Crippen molar-refractivity contribution in [2.24, 2.45) is 0 Å². The Morgan fingerprint density at radius 2 is 1.88 bits per heavy atom. The van der Waals surface area contributed by atoms with Crippen LogP contribution >= 0.6 is 0 Å². The van der Waals surface area contributed by atoms with E-state index in [2.05, 4.69) is 16.0 Å². The molecule has 1 aromatic rings. The molecule has 0 unspecified atom stereocenters. The zero-order valence-corrected chi connectivity index (χ0v) is 9.99. The number of amides is 3. The maximum atomic E-state index is 11.9. The summed E-state index contributed by atoms with van der Waals surface area (Å²) in [5.41, 5.74) is 0.829.